The second kappa shape index (κ2) is 7.47. The Hall–Kier alpha value is -1.36. The highest BCUT2D eigenvalue weighted by Gasteiger charge is 2.22. The average molecular weight is 350 g/mol. The number of thiophene rings is 1. The molecule has 1 aromatic heterocycles. The number of hydrogen-bond donors (Lipinski definition) is 2. The van der Waals surface area contributed by atoms with Crippen molar-refractivity contribution in [1.29, 1.82) is 0 Å². The quantitative estimate of drug-likeness (QED) is 0.854. The van der Waals surface area contributed by atoms with Gasteiger partial charge in [0.15, 0.2) is 6.54 Å². The molecular weight excluding hydrogens is 328 g/mol. The number of fused-ring (bicyclic) bond motifs is 1. The fourth-order valence-corrected chi connectivity index (χ4v) is 4.43. The third-order valence-electron chi connectivity index (χ3n) is 4.27. The Balaban J connectivity index is 1.55. The molecular formula is C18H22ClN2OS+. The van der Waals surface area contributed by atoms with Crippen LogP contribution in [0.25, 0.3) is 0 Å². The highest BCUT2D eigenvalue weighted by Crippen LogP contribution is 2.29. The summed E-state index contributed by atoms with van der Waals surface area (Å²) in [5.74, 6) is 0.117. The van der Waals surface area contributed by atoms with Gasteiger partial charge in [-0.2, -0.15) is 0 Å². The molecule has 0 saturated carbocycles. The second-order valence-electron chi connectivity index (χ2n) is 6.23. The lowest BCUT2D eigenvalue weighted by atomic mass is 9.88. The number of aryl methyl sites for hydroxylation is 1. The number of hydrogen-bond acceptors (Lipinski definition) is 2. The van der Waals surface area contributed by atoms with Gasteiger partial charge in [0.05, 0.1) is 22.3 Å². The molecule has 0 fully saturated rings. The molecule has 23 heavy (non-hydrogen) atoms. The highest BCUT2D eigenvalue weighted by atomic mass is 35.5. The van der Waals surface area contributed by atoms with Crippen molar-refractivity contribution in [3.8, 4) is 0 Å². The van der Waals surface area contributed by atoms with E-state index in [1.807, 2.05) is 19.2 Å². The van der Waals surface area contributed by atoms with Gasteiger partial charge in [0.2, 0.25) is 0 Å². The lowest BCUT2D eigenvalue weighted by Crippen LogP contribution is -3.08. The first-order chi connectivity index (χ1) is 11.1. The predicted molar refractivity (Wildman–Crippen MR) is 95.1 cm³/mol. The highest BCUT2D eigenvalue weighted by molar-refractivity contribution is 7.16. The van der Waals surface area contributed by atoms with Gasteiger partial charge in [0.1, 0.15) is 6.54 Å². The van der Waals surface area contributed by atoms with Gasteiger partial charge in [-0.05, 0) is 42.5 Å². The summed E-state index contributed by atoms with van der Waals surface area (Å²) in [5.41, 5.74) is 2.66. The zero-order chi connectivity index (χ0) is 16.2. The van der Waals surface area contributed by atoms with Crippen LogP contribution in [0.3, 0.4) is 0 Å². The van der Waals surface area contributed by atoms with Crippen molar-refractivity contribution in [3.05, 3.63) is 56.7 Å². The summed E-state index contributed by atoms with van der Waals surface area (Å²) in [4.78, 5) is 14.8. The summed E-state index contributed by atoms with van der Waals surface area (Å²) >= 11 is 7.54. The molecule has 1 unspecified atom stereocenters. The SMILES string of the molecule is C[NH+](CC(=O)N[C@@H]1CCCc2ccccc21)Cc1ccc(Cl)s1. The van der Waals surface area contributed by atoms with Gasteiger partial charge in [0, 0.05) is 0 Å². The minimum atomic E-state index is 0.117. The molecule has 0 radical (unpaired) electrons. The van der Waals surface area contributed by atoms with E-state index in [0.29, 0.717) is 6.54 Å². The van der Waals surface area contributed by atoms with E-state index in [4.69, 9.17) is 11.6 Å². The van der Waals surface area contributed by atoms with Crippen molar-refractivity contribution in [2.45, 2.75) is 31.8 Å². The molecule has 0 spiro atoms. The predicted octanol–water partition coefficient (Wildman–Crippen LogP) is 2.61. The zero-order valence-electron chi connectivity index (χ0n) is 13.3. The molecule has 1 aromatic carbocycles. The standard InChI is InChI=1S/C18H21ClN2OS/c1-21(11-14-9-10-17(19)23-14)12-18(22)20-16-8-4-6-13-5-2-3-7-15(13)16/h2-3,5,7,9-10,16H,4,6,8,11-12H2,1H3,(H,20,22)/p+1/t16-/m1/s1. The molecule has 2 atom stereocenters. The van der Waals surface area contributed by atoms with E-state index in [9.17, 15) is 4.79 Å². The first-order valence-corrected chi connectivity index (χ1v) is 9.24. The second-order valence-corrected chi connectivity index (χ2v) is 8.03. The first kappa shape index (κ1) is 16.5. The summed E-state index contributed by atoms with van der Waals surface area (Å²) in [6, 6.07) is 12.6. The number of amides is 1. The van der Waals surface area contributed by atoms with Crippen LogP contribution in [0.15, 0.2) is 36.4 Å². The minimum absolute atomic E-state index is 0.117. The summed E-state index contributed by atoms with van der Waals surface area (Å²) in [6.07, 6.45) is 3.29. The van der Waals surface area contributed by atoms with Crippen molar-refractivity contribution in [2.75, 3.05) is 13.6 Å². The Labute approximate surface area is 146 Å². The molecule has 3 nitrogen and oxygen atoms in total. The van der Waals surface area contributed by atoms with E-state index in [1.54, 1.807) is 11.3 Å². The average Bonchev–Trinajstić information content (AvgIpc) is 2.92. The lowest BCUT2D eigenvalue weighted by Gasteiger charge is -2.26. The molecule has 1 amide bonds. The van der Waals surface area contributed by atoms with Crippen LogP contribution in [-0.4, -0.2) is 19.5 Å². The number of benzene rings is 1. The number of likely N-dealkylation sites (N-methyl/N-ethyl adjacent to an activating group) is 1. The van der Waals surface area contributed by atoms with Gasteiger partial charge >= 0.3 is 0 Å². The lowest BCUT2D eigenvalue weighted by molar-refractivity contribution is -0.885. The molecule has 0 saturated heterocycles. The Morgan fingerprint density at radius 3 is 2.96 bits per heavy atom. The summed E-state index contributed by atoms with van der Waals surface area (Å²) in [6.45, 7) is 1.31. The fraction of sp³-hybridized carbons (Fsp3) is 0.389. The molecule has 1 aliphatic carbocycles. The number of nitrogens with one attached hydrogen (secondary N) is 2. The topological polar surface area (TPSA) is 33.5 Å². The van der Waals surface area contributed by atoms with Crippen molar-refractivity contribution in [1.82, 2.24) is 5.32 Å². The number of carbonyl (C=O) groups excluding carboxylic acids is 1. The third kappa shape index (κ3) is 4.34. The van der Waals surface area contributed by atoms with E-state index in [1.165, 1.54) is 20.9 Å². The number of rotatable bonds is 5. The van der Waals surface area contributed by atoms with E-state index in [2.05, 4.69) is 29.6 Å². The van der Waals surface area contributed by atoms with Gasteiger partial charge in [-0.25, -0.2) is 0 Å². The summed E-state index contributed by atoms with van der Waals surface area (Å²) < 4.78 is 0.802. The van der Waals surface area contributed by atoms with Gasteiger partial charge in [0.25, 0.3) is 5.91 Å². The van der Waals surface area contributed by atoms with E-state index in [-0.39, 0.29) is 11.9 Å². The minimum Gasteiger partial charge on any atom is -0.344 e. The molecule has 122 valence electrons. The van der Waals surface area contributed by atoms with Crippen LogP contribution < -0.4 is 10.2 Å². The Morgan fingerprint density at radius 2 is 2.17 bits per heavy atom. The van der Waals surface area contributed by atoms with Gasteiger partial charge in [-0.15, -0.1) is 11.3 Å². The Kier molecular flexibility index (Phi) is 5.36. The maximum Gasteiger partial charge on any atom is 0.275 e. The molecule has 1 heterocycles. The van der Waals surface area contributed by atoms with Crippen molar-refractivity contribution in [2.24, 2.45) is 0 Å². The molecule has 0 aliphatic heterocycles. The van der Waals surface area contributed by atoms with E-state index in [0.717, 1.165) is 30.1 Å². The first-order valence-electron chi connectivity index (χ1n) is 8.04. The molecule has 5 heteroatoms. The monoisotopic (exact) mass is 349 g/mol. The fourth-order valence-electron chi connectivity index (χ4n) is 3.23. The normalized spacial score (nSPS) is 18.3. The van der Waals surface area contributed by atoms with E-state index < -0.39 is 0 Å². The van der Waals surface area contributed by atoms with Crippen LogP contribution in [0.5, 0.6) is 0 Å². The molecule has 3 rings (SSSR count). The van der Waals surface area contributed by atoms with Gasteiger partial charge in [-0.3, -0.25) is 4.79 Å². The van der Waals surface area contributed by atoms with Crippen LogP contribution in [0.2, 0.25) is 4.34 Å². The Morgan fingerprint density at radius 1 is 1.35 bits per heavy atom. The summed E-state index contributed by atoms with van der Waals surface area (Å²) in [5, 5.41) is 3.21. The van der Waals surface area contributed by atoms with Crippen molar-refractivity contribution in [3.63, 3.8) is 0 Å². The van der Waals surface area contributed by atoms with Crippen LogP contribution >= 0.6 is 22.9 Å². The third-order valence-corrected chi connectivity index (χ3v) is 5.50. The zero-order valence-corrected chi connectivity index (χ0v) is 14.8. The van der Waals surface area contributed by atoms with Crippen LogP contribution in [0.1, 0.15) is 34.9 Å². The van der Waals surface area contributed by atoms with Crippen LogP contribution in [-0.2, 0) is 17.8 Å². The molecule has 2 N–H and O–H groups in total. The summed E-state index contributed by atoms with van der Waals surface area (Å²) in [7, 11) is 2.04. The maximum absolute atomic E-state index is 12.4. The largest absolute Gasteiger partial charge is 0.344 e. The van der Waals surface area contributed by atoms with Crippen LogP contribution in [0, 0.1) is 0 Å². The molecule has 2 aromatic rings. The molecule has 1 aliphatic rings. The smallest absolute Gasteiger partial charge is 0.275 e. The van der Waals surface area contributed by atoms with Gasteiger partial charge < -0.3 is 10.2 Å². The van der Waals surface area contributed by atoms with E-state index >= 15 is 0 Å². The number of carbonyl (C=O) groups is 1. The van der Waals surface area contributed by atoms with Crippen LogP contribution in [0.4, 0.5) is 0 Å². The maximum atomic E-state index is 12.4. The molecule has 0 bridgehead atoms. The number of quaternary nitrogens is 1. The number of halogens is 1. The van der Waals surface area contributed by atoms with Crippen molar-refractivity contribution < 1.29 is 9.69 Å². The van der Waals surface area contributed by atoms with Crippen molar-refractivity contribution >= 4 is 28.8 Å². The van der Waals surface area contributed by atoms with Gasteiger partial charge in [-0.1, -0.05) is 35.9 Å². The Bertz CT molecular complexity index is 685.